The zero-order chi connectivity index (χ0) is 11.4. The zero-order valence-electron chi connectivity index (χ0n) is 10.7. The number of nitrogens with zero attached hydrogens (tertiary/aromatic N) is 1. The van der Waals surface area contributed by atoms with Crippen molar-refractivity contribution in [1.29, 1.82) is 0 Å². The molecule has 1 aliphatic rings. The molecule has 1 aliphatic heterocycles. The number of likely N-dealkylation sites (tertiary alicyclic amines) is 1. The summed E-state index contributed by atoms with van der Waals surface area (Å²) in [5.74, 6) is 0.734. The van der Waals surface area contributed by atoms with Gasteiger partial charge in [0.1, 0.15) is 0 Å². The first-order chi connectivity index (χ1) is 7.06. The summed E-state index contributed by atoms with van der Waals surface area (Å²) in [5, 5.41) is 3.59. The molecule has 2 nitrogen and oxygen atoms in total. The molecule has 1 heterocycles. The van der Waals surface area contributed by atoms with Gasteiger partial charge in [-0.05, 0) is 32.7 Å². The fourth-order valence-electron chi connectivity index (χ4n) is 2.56. The number of hydrogen-bond acceptors (Lipinski definition) is 2. The van der Waals surface area contributed by atoms with E-state index in [2.05, 4.69) is 44.5 Å². The molecule has 0 spiro atoms. The molecule has 3 atom stereocenters. The Morgan fingerprint density at radius 3 is 2.67 bits per heavy atom. The van der Waals surface area contributed by atoms with Gasteiger partial charge in [-0.3, -0.25) is 4.90 Å². The van der Waals surface area contributed by atoms with Crippen molar-refractivity contribution in [3.63, 3.8) is 0 Å². The lowest BCUT2D eigenvalue weighted by Crippen LogP contribution is -2.53. The average molecular weight is 210 g/mol. The Balaban J connectivity index is 2.52. The van der Waals surface area contributed by atoms with Crippen molar-refractivity contribution < 1.29 is 0 Å². The summed E-state index contributed by atoms with van der Waals surface area (Å²) in [6.07, 6.45) is 1.27. The first kappa shape index (κ1) is 12.7. The molecule has 1 rings (SSSR count). The van der Waals surface area contributed by atoms with Crippen molar-refractivity contribution in [2.75, 3.05) is 19.6 Å². The molecule has 1 fully saturated rings. The van der Waals surface area contributed by atoms with Gasteiger partial charge in [0.05, 0.1) is 0 Å². The van der Waals surface area contributed by atoms with E-state index in [1.165, 1.54) is 18.5 Å². The predicted octanol–water partition coefficient (Wildman–Crippen LogP) is 2.27. The minimum absolute atomic E-state index is 0.666. The number of hydrogen-bond donors (Lipinski definition) is 1. The first-order valence-corrected chi connectivity index (χ1v) is 6.18. The van der Waals surface area contributed by atoms with Crippen LogP contribution in [0.4, 0.5) is 0 Å². The number of rotatable bonds is 4. The molecule has 2 heteroatoms. The third-order valence-corrected chi connectivity index (χ3v) is 3.64. The van der Waals surface area contributed by atoms with Crippen LogP contribution in [0.3, 0.4) is 0 Å². The van der Waals surface area contributed by atoms with Crippen molar-refractivity contribution >= 4 is 0 Å². The molecule has 0 aromatic rings. The first-order valence-electron chi connectivity index (χ1n) is 6.18. The summed E-state index contributed by atoms with van der Waals surface area (Å²) in [7, 11) is 0. The van der Waals surface area contributed by atoms with Gasteiger partial charge in [-0.15, -0.1) is 0 Å². The Labute approximate surface area is 94.7 Å². The van der Waals surface area contributed by atoms with Gasteiger partial charge in [0, 0.05) is 25.2 Å². The highest BCUT2D eigenvalue weighted by atomic mass is 15.2. The highest BCUT2D eigenvalue weighted by molar-refractivity contribution is 4.97. The van der Waals surface area contributed by atoms with E-state index in [0.717, 1.165) is 19.0 Å². The van der Waals surface area contributed by atoms with E-state index in [-0.39, 0.29) is 0 Å². The topological polar surface area (TPSA) is 15.3 Å². The fourth-order valence-corrected chi connectivity index (χ4v) is 2.56. The standard InChI is InChI=1S/C13H26N2/c1-6-14-13-7-8-15(9-10(2)3)12(5)11(13)4/h11-14H,2,6-9H2,1,3-5H3. The van der Waals surface area contributed by atoms with Crippen LogP contribution in [0.15, 0.2) is 12.2 Å². The quantitative estimate of drug-likeness (QED) is 0.716. The van der Waals surface area contributed by atoms with Crippen LogP contribution in [0.1, 0.15) is 34.1 Å². The summed E-state index contributed by atoms with van der Waals surface area (Å²) in [4.78, 5) is 2.56. The van der Waals surface area contributed by atoms with Gasteiger partial charge < -0.3 is 5.32 Å². The van der Waals surface area contributed by atoms with Crippen molar-refractivity contribution in [3.05, 3.63) is 12.2 Å². The van der Waals surface area contributed by atoms with Crippen LogP contribution in [0.2, 0.25) is 0 Å². The van der Waals surface area contributed by atoms with E-state index in [9.17, 15) is 0 Å². The molecule has 88 valence electrons. The van der Waals surface area contributed by atoms with Gasteiger partial charge in [0.2, 0.25) is 0 Å². The Hall–Kier alpha value is -0.340. The smallest absolute Gasteiger partial charge is 0.0190 e. The molecule has 0 aromatic carbocycles. The van der Waals surface area contributed by atoms with Crippen LogP contribution in [-0.4, -0.2) is 36.6 Å². The Morgan fingerprint density at radius 1 is 1.47 bits per heavy atom. The zero-order valence-corrected chi connectivity index (χ0v) is 10.7. The highest BCUT2D eigenvalue weighted by Gasteiger charge is 2.31. The summed E-state index contributed by atoms with van der Waals surface area (Å²) >= 11 is 0. The van der Waals surface area contributed by atoms with Gasteiger partial charge in [-0.2, -0.15) is 0 Å². The summed E-state index contributed by atoms with van der Waals surface area (Å²) < 4.78 is 0. The maximum Gasteiger partial charge on any atom is 0.0190 e. The number of piperidine rings is 1. The van der Waals surface area contributed by atoms with Crippen LogP contribution in [0, 0.1) is 5.92 Å². The third kappa shape index (κ3) is 3.32. The lowest BCUT2D eigenvalue weighted by molar-refractivity contribution is 0.0945. The fraction of sp³-hybridized carbons (Fsp3) is 0.846. The SMILES string of the molecule is C=C(C)CN1CCC(NCC)C(C)C1C. The van der Waals surface area contributed by atoms with E-state index in [1.807, 2.05) is 0 Å². The molecule has 15 heavy (non-hydrogen) atoms. The molecule has 0 aliphatic carbocycles. The van der Waals surface area contributed by atoms with Crippen molar-refractivity contribution in [2.24, 2.45) is 5.92 Å². The second-order valence-corrected chi connectivity index (χ2v) is 4.98. The van der Waals surface area contributed by atoms with Gasteiger partial charge >= 0.3 is 0 Å². The molecule has 0 saturated carbocycles. The van der Waals surface area contributed by atoms with E-state index >= 15 is 0 Å². The average Bonchev–Trinajstić information content (AvgIpc) is 2.17. The molecule has 0 radical (unpaired) electrons. The molecular formula is C13H26N2. The van der Waals surface area contributed by atoms with Crippen LogP contribution in [0.25, 0.3) is 0 Å². The maximum atomic E-state index is 4.01. The highest BCUT2D eigenvalue weighted by Crippen LogP contribution is 2.23. The largest absolute Gasteiger partial charge is 0.314 e. The van der Waals surface area contributed by atoms with E-state index in [0.29, 0.717) is 12.1 Å². The van der Waals surface area contributed by atoms with E-state index in [4.69, 9.17) is 0 Å². The second-order valence-electron chi connectivity index (χ2n) is 4.98. The van der Waals surface area contributed by atoms with Gasteiger partial charge in [0.15, 0.2) is 0 Å². The minimum atomic E-state index is 0.666. The van der Waals surface area contributed by atoms with Crippen molar-refractivity contribution in [2.45, 2.75) is 46.2 Å². The molecule has 0 aromatic heterocycles. The third-order valence-electron chi connectivity index (χ3n) is 3.64. The van der Waals surface area contributed by atoms with Gasteiger partial charge in [-0.1, -0.05) is 26.0 Å². The van der Waals surface area contributed by atoms with E-state index in [1.54, 1.807) is 0 Å². The number of nitrogens with one attached hydrogen (secondary N) is 1. The monoisotopic (exact) mass is 210 g/mol. The predicted molar refractivity (Wildman–Crippen MR) is 67.1 cm³/mol. The Morgan fingerprint density at radius 2 is 2.13 bits per heavy atom. The lowest BCUT2D eigenvalue weighted by Gasteiger charge is -2.43. The van der Waals surface area contributed by atoms with Crippen LogP contribution in [0.5, 0.6) is 0 Å². The molecule has 0 amide bonds. The van der Waals surface area contributed by atoms with Crippen LogP contribution < -0.4 is 5.32 Å². The Bertz CT molecular complexity index is 213. The second kappa shape index (κ2) is 5.66. The minimum Gasteiger partial charge on any atom is -0.314 e. The molecule has 1 N–H and O–H groups in total. The van der Waals surface area contributed by atoms with Crippen molar-refractivity contribution in [1.82, 2.24) is 10.2 Å². The summed E-state index contributed by atoms with van der Waals surface area (Å²) in [6, 6.07) is 1.37. The normalized spacial score (nSPS) is 32.9. The molecule has 1 saturated heterocycles. The van der Waals surface area contributed by atoms with Gasteiger partial charge in [0.25, 0.3) is 0 Å². The van der Waals surface area contributed by atoms with Crippen LogP contribution in [-0.2, 0) is 0 Å². The molecular weight excluding hydrogens is 184 g/mol. The molecule has 3 unspecified atom stereocenters. The summed E-state index contributed by atoms with van der Waals surface area (Å²) in [5.41, 5.74) is 1.27. The lowest BCUT2D eigenvalue weighted by atomic mass is 9.87. The van der Waals surface area contributed by atoms with Crippen LogP contribution >= 0.6 is 0 Å². The molecule has 0 bridgehead atoms. The van der Waals surface area contributed by atoms with Crippen molar-refractivity contribution in [3.8, 4) is 0 Å². The van der Waals surface area contributed by atoms with Gasteiger partial charge in [-0.25, -0.2) is 0 Å². The Kier molecular flexibility index (Phi) is 4.81. The maximum absolute atomic E-state index is 4.01. The van der Waals surface area contributed by atoms with E-state index < -0.39 is 0 Å². The summed E-state index contributed by atoms with van der Waals surface area (Å²) in [6.45, 7) is 16.4.